The summed E-state index contributed by atoms with van der Waals surface area (Å²) in [6.07, 6.45) is 2.39. The van der Waals surface area contributed by atoms with Crippen LogP contribution in [0.5, 0.6) is 0 Å². The largest absolute Gasteiger partial charge is 0.466 e. The first kappa shape index (κ1) is 22.7. The standard InChI is InChI=1S/C22H33N3O4/c1-5-16-9-11-18(12-10-16)23-22(28)24-19(15(3)4)20(26)25-13-7-8-17(14-25)21(27)29-6-2/h9-12,15,17,19H,5-8,13-14H2,1-4H3,(H2,23,24,28). The van der Waals surface area contributed by atoms with E-state index < -0.39 is 12.1 Å². The van der Waals surface area contributed by atoms with Crippen molar-refractivity contribution in [2.24, 2.45) is 11.8 Å². The van der Waals surface area contributed by atoms with Crippen molar-refractivity contribution in [3.05, 3.63) is 29.8 Å². The summed E-state index contributed by atoms with van der Waals surface area (Å²) >= 11 is 0. The lowest BCUT2D eigenvalue weighted by atomic mass is 9.95. The van der Waals surface area contributed by atoms with E-state index in [1.54, 1.807) is 11.8 Å². The molecule has 2 N–H and O–H groups in total. The molecule has 0 radical (unpaired) electrons. The lowest BCUT2D eigenvalue weighted by Gasteiger charge is -2.35. The Morgan fingerprint density at radius 3 is 2.45 bits per heavy atom. The number of ether oxygens (including phenoxy) is 1. The van der Waals surface area contributed by atoms with Gasteiger partial charge in [-0.15, -0.1) is 0 Å². The summed E-state index contributed by atoms with van der Waals surface area (Å²) in [4.78, 5) is 39.3. The number of nitrogens with one attached hydrogen (secondary N) is 2. The number of hydrogen-bond acceptors (Lipinski definition) is 4. The molecule has 1 aliphatic heterocycles. The molecule has 1 aromatic carbocycles. The summed E-state index contributed by atoms with van der Waals surface area (Å²) in [5, 5.41) is 5.59. The molecule has 0 bridgehead atoms. The third-order valence-corrected chi connectivity index (χ3v) is 5.19. The normalized spacial score (nSPS) is 17.6. The van der Waals surface area contributed by atoms with Crippen molar-refractivity contribution in [3.63, 3.8) is 0 Å². The molecule has 0 spiro atoms. The fourth-order valence-electron chi connectivity index (χ4n) is 3.47. The van der Waals surface area contributed by atoms with Crippen LogP contribution < -0.4 is 10.6 Å². The molecule has 0 aromatic heterocycles. The van der Waals surface area contributed by atoms with Gasteiger partial charge in [-0.3, -0.25) is 9.59 Å². The third-order valence-electron chi connectivity index (χ3n) is 5.19. The van der Waals surface area contributed by atoms with E-state index in [9.17, 15) is 14.4 Å². The van der Waals surface area contributed by atoms with Crippen molar-refractivity contribution < 1.29 is 19.1 Å². The lowest BCUT2D eigenvalue weighted by molar-refractivity contribution is -0.151. The number of carbonyl (C=O) groups is 3. The van der Waals surface area contributed by atoms with Gasteiger partial charge in [0.25, 0.3) is 0 Å². The Kier molecular flexibility index (Phi) is 8.49. The average Bonchev–Trinajstić information content (AvgIpc) is 2.72. The van der Waals surface area contributed by atoms with Gasteiger partial charge in [-0.25, -0.2) is 4.79 Å². The van der Waals surface area contributed by atoms with E-state index in [0.29, 0.717) is 25.4 Å². The maximum atomic E-state index is 13.1. The molecule has 0 aliphatic carbocycles. The zero-order chi connectivity index (χ0) is 21.4. The number of amides is 3. The van der Waals surface area contributed by atoms with Crippen LogP contribution in [0.4, 0.5) is 10.5 Å². The van der Waals surface area contributed by atoms with Crippen LogP contribution in [0.25, 0.3) is 0 Å². The number of piperidine rings is 1. The fraction of sp³-hybridized carbons (Fsp3) is 0.591. The van der Waals surface area contributed by atoms with Crippen molar-refractivity contribution in [2.75, 3.05) is 25.0 Å². The van der Waals surface area contributed by atoms with Crippen LogP contribution in [-0.2, 0) is 20.7 Å². The number of benzene rings is 1. The first-order valence-corrected chi connectivity index (χ1v) is 10.5. The number of rotatable bonds is 7. The molecule has 1 heterocycles. The summed E-state index contributed by atoms with van der Waals surface area (Å²) in [6.45, 7) is 8.89. The van der Waals surface area contributed by atoms with Crippen molar-refractivity contribution in [3.8, 4) is 0 Å². The van der Waals surface area contributed by atoms with Gasteiger partial charge in [0.05, 0.1) is 12.5 Å². The molecule has 1 aliphatic rings. The molecule has 1 fully saturated rings. The van der Waals surface area contributed by atoms with Crippen LogP contribution >= 0.6 is 0 Å². The Balaban J connectivity index is 1.99. The van der Waals surface area contributed by atoms with Gasteiger partial charge in [0, 0.05) is 18.8 Å². The quantitative estimate of drug-likeness (QED) is 0.685. The number of esters is 1. The Hall–Kier alpha value is -2.57. The second kappa shape index (κ2) is 10.8. The van der Waals surface area contributed by atoms with Crippen molar-refractivity contribution in [1.82, 2.24) is 10.2 Å². The van der Waals surface area contributed by atoms with E-state index in [2.05, 4.69) is 17.6 Å². The molecule has 2 atom stereocenters. The van der Waals surface area contributed by atoms with Gasteiger partial charge in [0.15, 0.2) is 0 Å². The fourth-order valence-corrected chi connectivity index (χ4v) is 3.47. The van der Waals surface area contributed by atoms with Gasteiger partial charge in [-0.1, -0.05) is 32.9 Å². The van der Waals surface area contributed by atoms with Crippen LogP contribution in [0.2, 0.25) is 0 Å². The zero-order valence-corrected chi connectivity index (χ0v) is 17.9. The topological polar surface area (TPSA) is 87.7 Å². The van der Waals surface area contributed by atoms with E-state index in [1.807, 2.05) is 38.1 Å². The highest BCUT2D eigenvalue weighted by Crippen LogP contribution is 2.20. The molecular weight excluding hydrogens is 370 g/mol. The molecule has 1 aromatic rings. The number of likely N-dealkylation sites (tertiary alicyclic amines) is 1. The Morgan fingerprint density at radius 2 is 1.86 bits per heavy atom. The molecule has 1 saturated heterocycles. The van der Waals surface area contributed by atoms with E-state index in [0.717, 1.165) is 19.3 Å². The third kappa shape index (κ3) is 6.48. The first-order chi connectivity index (χ1) is 13.8. The van der Waals surface area contributed by atoms with Gasteiger partial charge < -0.3 is 20.3 Å². The van der Waals surface area contributed by atoms with Crippen LogP contribution in [0.15, 0.2) is 24.3 Å². The predicted molar refractivity (Wildman–Crippen MR) is 113 cm³/mol. The first-order valence-electron chi connectivity index (χ1n) is 10.5. The van der Waals surface area contributed by atoms with Gasteiger partial charge in [0.1, 0.15) is 6.04 Å². The van der Waals surface area contributed by atoms with Crippen LogP contribution in [0, 0.1) is 11.8 Å². The highest BCUT2D eigenvalue weighted by molar-refractivity contribution is 5.94. The van der Waals surface area contributed by atoms with Gasteiger partial charge in [0.2, 0.25) is 5.91 Å². The molecule has 2 unspecified atom stereocenters. The average molecular weight is 404 g/mol. The Morgan fingerprint density at radius 1 is 1.17 bits per heavy atom. The second-order valence-electron chi connectivity index (χ2n) is 7.75. The maximum Gasteiger partial charge on any atom is 0.319 e. The molecule has 2 rings (SSSR count). The van der Waals surface area contributed by atoms with Crippen molar-refractivity contribution >= 4 is 23.6 Å². The Labute approximate surface area is 173 Å². The van der Waals surface area contributed by atoms with E-state index in [4.69, 9.17) is 4.74 Å². The predicted octanol–water partition coefficient (Wildman–Crippen LogP) is 3.20. The van der Waals surface area contributed by atoms with Gasteiger partial charge >= 0.3 is 12.0 Å². The van der Waals surface area contributed by atoms with Crippen molar-refractivity contribution in [2.45, 2.75) is 53.0 Å². The number of carbonyl (C=O) groups excluding carboxylic acids is 3. The minimum Gasteiger partial charge on any atom is -0.466 e. The Bertz CT molecular complexity index is 703. The smallest absolute Gasteiger partial charge is 0.319 e. The summed E-state index contributed by atoms with van der Waals surface area (Å²) in [5.41, 5.74) is 1.86. The highest BCUT2D eigenvalue weighted by Gasteiger charge is 2.34. The molecule has 3 amide bonds. The monoisotopic (exact) mass is 403 g/mol. The number of anilines is 1. The van der Waals surface area contributed by atoms with Crippen molar-refractivity contribution in [1.29, 1.82) is 0 Å². The van der Waals surface area contributed by atoms with Gasteiger partial charge in [-0.2, -0.15) is 0 Å². The molecule has 29 heavy (non-hydrogen) atoms. The van der Waals surface area contributed by atoms with Gasteiger partial charge in [-0.05, 0) is 49.8 Å². The zero-order valence-electron chi connectivity index (χ0n) is 17.9. The lowest BCUT2D eigenvalue weighted by Crippen LogP contribution is -2.54. The minimum atomic E-state index is -0.661. The van der Waals surface area contributed by atoms with E-state index in [-0.39, 0.29) is 23.7 Å². The summed E-state index contributed by atoms with van der Waals surface area (Å²) in [5.74, 6) is -0.803. The van der Waals surface area contributed by atoms with Crippen LogP contribution in [0.3, 0.4) is 0 Å². The summed E-state index contributed by atoms with van der Waals surface area (Å²) in [7, 11) is 0. The number of nitrogens with zero attached hydrogens (tertiary/aromatic N) is 1. The molecule has 7 nitrogen and oxygen atoms in total. The SMILES string of the molecule is CCOC(=O)C1CCCN(C(=O)C(NC(=O)Nc2ccc(CC)cc2)C(C)C)C1. The highest BCUT2D eigenvalue weighted by atomic mass is 16.5. The molecule has 0 saturated carbocycles. The maximum absolute atomic E-state index is 13.1. The molecule has 7 heteroatoms. The second-order valence-corrected chi connectivity index (χ2v) is 7.75. The van der Waals surface area contributed by atoms with E-state index >= 15 is 0 Å². The molecule has 160 valence electrons. The van der Waals surface area contributed by atoms with E-state index in [1.165, 1.54) is 5.56 Å². The van der Waals surface area contributed by atoms with Crippen LogP contribution in [-0.4, -0.2) is 48.5 Å². The summed E-state index contributed by atoms with van der Waals surface area (Å²) < 4.78 is 5.11. The number of aryl methyl sites for hydroxylation is 1. The minimum absolute atomic E-state index is 0.0845. The molecular formula is C22H33N3O4. The number of urea groups is 1. The summed E-state index contributed by atoms with van der Waals surface area (Å²) in [6, 6.07) is 6.54. The number of hydrogen-bond donors (Lipinski definition) is 2. The van der Waals surface area contributed by atoms with Crippen LogP contribution in [0.1, 0.15) is 46.1 Å².